The molecule has 2 fully saturated rings. The van der Waals surface area contributed by atoms with E-state index in [1.165, 1.54) is 24.2 Å². The number of carbonyl (C=O) groups is 2. The Kier molecular flexibility index (Phi) is 3.91. The zero-order valence-corrected chi connectivity index (χ0v) is 13.0. The maximum absolute atomic E-state index is 12.1. The number of nitrogens with two attached hydrogens (primary N) is 1. The Hall–Kier alpha value is -1.88. The first-order valence-corrected chi connectivity index (χ1v) is 7.98. The zero-order valence-electron chi connectivity index (χ0n) is 13.0. The minimum atomic E-state index is -0.457. The number of benzene rings is 1. The van der Waals surface area contributed by atoms with Crippen LogP contribution in [0.15, 0.2) is 24.3 Å². The lowest BCUT2D eigenvalue weighted by Crippen LogP contribution is -2.53. The van der Waals surface area contributed by atoms with Crippen LogP contribution in [0, 0.1) is 0 Å². The van der Waals surface area contributed by atoms with Gasteiger partial charge in [-0.1, -0.05) is 31.4 Å². The number of hydrogen-bond acceptors (Lipinski definition) is 3. The predicted molar refractivity (Wildman–Crippen MR) is 85.4 cm³/mol. The molecule has 118 valence electrons. The number of nitrogens with zero attached hydrogens (tertiary/aromatic N) is 2. The molecule has 2 aliphatic rings. The number of anilines is 1. The highest BCUT2D eigenvalue weighted by atomic mass is 16.2. The van der Waals surface area contributed by atoms with Gasteiger partial charge in [-0.05, 0) is 30.5 Å². The minimum Gasteiger partial charge on any atom is -0.336 e. The van der Waals surface area contributed by atoms with E-state index in [1.54, 1.807) is 11.9 Å². The highest BCUT2D eigenvalue weighted by Crippen LogP contribution is 2.35. The van der Waals surface area contributed by atoms with E-state index in [0.717, 1.165) is 24.1 Å². The molecule has 1 aliphatic carbocycles. The maximum atomic E-state index is 12.1. The van der Waals surface area contributed by atoms with E-state index in [9.17, 15) is 9.59 Å². The molecule has 1 aromatic rings. The summed E-state index contributed by atoms with van der Waals surface area (Å²) in [5.74, 6) is -0.903. The molecule has 1 aliphatic heterocycles. The molecule has 1 saturated heterocycles. The van der Waals surface area contributed by atoms with Gasteiger partial charge in [0.1, 0.15) is 0 Å². The molecule has 2 amide bonds. The molecule has 1 saturated carbocycles. The molecular formula is C17H23N3O2. The Balaban J connectivity index is 1.79. The van der Waals surface area contributed by atoms with Crippen LogP contribution in [0.1, 0.15) is 37.7 Å². The summed E-state index contributed by atoms with van der Waals surface area (Å²) in [6.45, 7) is 1.10. The van der Waals surface area contributed by atoms with Gasteiger partial charge in [0.25, 0.3) is 0 Å². The standard InChI is InChI=1S/C17H23N3O2/c1-19-11-12-20(16(22)15(19)21)14-7-5-13(6-8-14)17(18)9-3-2-4-10-17/h5-8H,2-4,9-12,18H2,1H3. The van der Waals surface area contributed by atoms with E-state index < -0.39 is 11.8 Å². The molecule has 22 heavy (non-hydrogen) atoms. The first-order chi connectivity index (χ1) is 10.5. The monoisotopic (exact) mass is 301 g/mol. The summed E-state index contributed by atoms with van der Waals surface area (Å²) in [5.41, 5.74) is 8.20. The van der Waals surface area contributed by atoms with Crippen LogP contribution in [0.2, 0.25) is 0 Å². The number of likely N-dealkylation sites (N-methyl/N-ethyl adjacent to an activating group) is 1. The summed E-state index contributed by atoms with van der Waals surface area (Å²) < 4.78 is 0. The molecule has 0 spiro atoms. The van der Waals surface area contributed by atoms with Gasteiger partial charge in [0, 0.05) is 31.4 Å². The number of carbonyl (C=O) groups excluding carboxylic acids is 2. The van der Waals surface area contributed by atoms with E-state index in [4.69, 9.17) is 5.73 Å². The normalized spacial score (nSPS) is 22.1. The Labute approximate surface area is 131 Å². The van der Waals surface area contributed by atoms with Crippen LogP contribution in [0.5, 0.6) is 0 Å². The van der Waals surface area contributed by atoms with Gasteiger partial charge in [0.2, 0.25) is 0 Å². The second kappa shape index (κ2) is 5.72. The van der Waals surface area contributed by atoms with E-state index in [1.807, 2.05) is 24.3 Å². The van der Waals surface area contributed by atoms with E-state index in [0.29, 0.717) is 13.1 Å². The van der Waals surface area contributed by atoms with E-state index in [-0.39, 0.29) is 5.54 Å². The van der Waals surface area contributed by atoms with Crippen LogP contribution >= 0.6 is 0 Å². The second-order valence-electron chi connectivity index (χ2n) is 6.45. The third kappa shape index (κ3) is 2.61. The molecule has 5 nitrogen and oxygen atoms in total. The van der Waals surface area contributed by atoms with Crippen molar-refractivity contribution in [2.75, 3.05) is 25.0 Å². The third-order valence-electron chi connectivity index (χ3n) is 4.93. The molecule has 1 heterocycles. The average molecular weight is 301 g/mol. The number of rotatable bonds is 2. The second-order valence-corrected chi connectivity index (χ2v) is 6.45. The number of amides is 2. The summed E-state index contributed by atoms with van der Waals surface area (Å²) in [5, 5.41) is 0. The highest BCUT2D eigenvalue weighted by Gasteiger charge is 2.32. The summed E-state index contributed by atoms with van der Waals surface area (Å²) >= 11 is 0. The van der Waals surface area contributed by atoms with Gasteiger partial charge in [-0.15, -0.1) is 0 Å². The molecule has 0 radical (unpaired) electrons. The largest absolute Gasteiger partial charge is 0.336 e. The van der Waals surface area contributed by atoms with Crippen LogP contribution in [0.4, 0.5) is 5.69 Å². The lowest BCUT2D eigenvalue weighted by molar-refractivity contribution is -0.145. The van der Waals surface area contributed by atoms with Crippen molar-refractivity contribution < 1.29 is 9.59 Å². The SMILES string of the molecule is CN1CCN(c2ccc(C3(N)CCCCC3)cc2)C(=O)C1=O. The first kappa shape index (κ1) is 15.0. The molecular weight excluding hydrogens is 278 g/mol. The van der Waals surface area contributed by atoms with E-state index in [2.05, 4.69) is 0 Å². The molecule has 0 aromatic heterocycles. The van der Waals surface area contributed by atoms with Gasteiger partial charge in [-0.2, -0.15) is 0 Å². The Morgan fingerprint density at radius 2 is 1.59 bits per heavy atom. The van der Waals surface area contributed by atoms with Crippen molar-refractivity contribution in [1.29, 1.82) is 0 Å². The minimum absolute atomic E-state index is 0.237. The van der Waals surface area contributed by atoms with Crippen molar-refractivity contribution in [1.82, 2.24) is 4.90 Å². The van der Waals surface area contributed by atoms with Crippen LogP contribution in [-0.2, 0) is 15.1 Å². The summed E-state index contributed by atoms with van der Waals surface area (Å²) in [7, 11) is 1.65. The molecule has 0 bridgehead atoms. The molecule has 1 aromatic carbocycles. The van der Waals surface area contributed by atoms with Crippen molar-refractivity contribution >= 4 is 17.5 Å². The number of piperazine rings is 1. The van der Waals surface area contributed by atoms with Crippen molar-refractivity contribution in [2.24, 2.45) is 5.73 Å². The van der Waals surface area contributed by atoms with Crippen LogP contribution in [-0.4, -0.2) is 36.9 Å². The van der Waals surface area contributed by atoms with Gasteiger partial charge in [0.05, 0.1) is 0 Å². The fraction of sp³-hybridized carbons (Fsp3) is 0.529. The fourth-order valence-electron chi connectivity index (χ4n) is 3.42. The Morgan fingerprint density at radius 3 is 2.23 bits per heavy atom. The lowest BCUT2D eigenvalue weighted by atomic mass is 9.77. The van der Waals surface area contributed by atoms with Crippen molar-refractivity contribution in [3.8, 4) is 0 Å². The van der Waals surface area contributed by atoms with Crippen LogP contribution in [0.25, 0.3) is 0 Å². The quantitative estimate of drug-likeness (QED) is 0.844. The smallest absolute Gasteiger partial charge is 0.316 e. The molecule has 0 atom stereocenters. The fourth-order valence-corrected chi connectivity index (χ4v) is 3.42. The summed E-state index contributed by atoms with van der Waals surface area (Å²) in [4.78, 5) is 26.9. The van der Waals surface area contributed by atoms with Crippen LogP contribution in [0.3, 0.4) is 0 Å². The summed E-state index contributed by atoms with van der Waals surface area (Å²) in [6.07, 6.45) is 5.62. The lowest BCUT2D eigenvalue weighted by Gasteiger charge is -2.35. The number of hydrogen-bond donors (Lipinski definition) is 1. The molecule has 5 heteroatoms. The first-order valence-electron chi connectivity index (χ1n) is 7.98. The molecule has 3 rings (SSSR count). The topological polar surface area (TPSA) is 66.6 Å². The average Bonchev–Trinajstić information content (AvgIpc) is 2.54. The Morgan fingerprint density at radius 1 is 0.955 bits per heavy atom. The van der Waals surface area contributed by atoms with Gasteiger partial charge in [0.15, 0.2) is 0 Å². The van der Waals surface area contributed by atoms with Gasteiger partial charge in [-0.25, -0.2) is 0 Å². The van der Waals surface area contributed by atoms with Crippen LogP contribution < -0.4 is 10.6 Å². The van der Waals surface area contributed by atoms with E-state index >= 15 is 0 Å². The predicted octanol–water partition coefficient (Wildman–Crippen LogP) is 1.61. The summed E-state index contributed by atoms with van der Waals surface area (Å²) in [6, 6.07) is 7.84. The van der Waals surface area contributed by atoms with Crippen molar-refractivity contribution in [3.05, 3.63) is 29.8 Å². The van der Waals surface area contributed by atoms with Gasteiger partial charge < -0.3 is 15.5 Å². The molecule has 2 N–H and O–H groups in total. The van der Waals surface area contributed by atoms with Crippen molar-refractivity contribution in [2.45, 2.75) is 37.6 Å². The zero-order chi connectivity index (χ0) is 15.7. The highest BCUT2D eigenvalue weighted by molar-refractivity contribution is 6.40. The maximum Gasteiger partial charge on any atom is 0.316 e. The van der Waals surface area contributed by atoms with Gasteiger partial charge in [-0.3, -0.25) is 9.59 Å². The third-order valence-corrected chi connectivity index (χ3v) is 4.93. The Bertz CT molecular complexity index is 576. The van der Waals surface area contributed by atoms with Crippen molar-refractivity contribution in [3.63, 3.8) is 0 Å². The van der Waals surface area contributed by atoms with Gasteiger partial charge >= 0.3 is 11.8 Å². The molecule has 0 unspecified atom stereocenters.